The van der Waals surface area contributed by atoms with Crippen molar-refractivity contribution in [3.05, 3.63) is 48.2 Å². The van der Waals surface area contributed by atoms with Crippen LogP contribution in [0.5, 0.6) is 5.75 Å². The summed E-state index contributed by atoms with van der Waals surface area (Å²) in [5.41, 5.74) is 1.05. The lowest BCUT2D eigenvalue weighted by Gasteiger charge is -2.23. The van der Waals surface area contributed by atoms with E-state index in [0.717, 1.165) is 0 Å². The van der Waals surface area contributed by atoms with Gasteiger partial charge in [-0.25, -0.2) is 4.98 Å². The van der Waals surface area contributed by atoms with Crippen LogP contribution in [-0.4, -0.2) is 74.9 Å². The first kappa shape index (κ1) is 21.5. The van der Waals surface area contributed by atoms with Crippen LogP contribution < -0.4 is 15.4 Å². The van der Waals surface area contributed by atoms with Gasteiger partial charge in [0.25, 0.3) is 5.91 Å². The molecule has 0 fully saturated rings. The molecule has 1 aromatic carbocycles. The molecule has 3 rings (SSSR count). The maximum Gasteiger partial charge on any atom is 0.258 e. The van der Waals surface area contributed by atoms with Crippen molar-refractivity contribution in [2.45, 2.75) is 0 Å². The number of benzene rings is 1. The number of aromatic nitrogens is 1. The van der Waals surface area contributed by atoms with Gasteiger partial charge in [0.2, 0.25) is 5.91 Å². The van der Waals surface area contributed by atoms with E-state index in [4.69, 9.17) is 14.2 Å². The second kappa shape index (κ2) is 11.1. The number of ether oxygens (including phenoxy) is 3. The van der Waals surface area contributed by atoms with E-state index in [9.17, 15) is 9.59 Å². The zero-order valence-electron chi connectivity index (χ0n) is 16.9. The Balaban J connectivity index is 1.85. The maximum atomic E-state index is 13.3. The van der Waals surface area contributed by atoms with Crippen LogP contribution in [0, 0.1) is 0 Å². The average Bonchev–Trinajstić information content (AvgIpc) is 2.77. The van der Waals surface area contributed by atoms with Gasteiger partial charge in [-0.3, -0.25) is 9.59 Å². The Morgan fingerprint density at radius 2 is 2.10 bits per heavy atom. The van der Waals surface area contributed by atoms with Crippen LogP contribution in [0.2, 0.25) is 0 Å². The summed E-state index contributed by atoms with van der Waals surface area (Å²) in [7, 11) is 1.56. The quantitative estimate of drug-likeness (QED) is 0.714. The van der Waals surface area contributed by atoms with E-state index >= 15 is 0 Å². The lowest BCUT2D eigenvalue weighted by Crippen LogP contribution is -2.43. The Kier molecular flexibility index (Phi) is 7.99. The molecule has 0 bridgehead atoms. The first-order chi connectivity index (χ1) is 14.7. The molecule has 0 radical (unpaired) electrons. The number of pyridine rings is 1. The molecular formula is C21H26N4O5. The molecule has 0 spiro atoms. The number of nitrogens with zero attached hydrogens (tertiary/aromatic N) is 2. The van der Waals surface area contributed by atoms with Crippen LogP contribution in [0.25, 0.3) is 0 Å². The fraction of sp³-hybridized carbons (Fsp3) is 0.381. The van der Waals surface area contributed by atoms with Gasteiger partial charge in [-0.1, -0.05) is 12.1 Å². The second-order valence-corrected chi connectivity index (χ2v) is 6.55. The topological polar surface area (TPSA) is 102 Å². The minimum Gasteiger partial charge on any atom is -0.489 e. The molecule has 0 atom stereocenters. The van der Waals surface area contributed by atoms with E-state index in [1.165, 1.54) is 4.90 Å². The third kappa shape index (κ3) is 5.91. The monoisotopic (exact) mass is 414 g/mol. The number of rotatable bonds is 5. The Bertz CT molecular complexity index is 861. The van der Waals surface area contributed by atoms with Crippen LogP contribution in [0.1, 0.15) is 10.4 Å². The smallest absolute Gasteiger partial charge is 0.258 e. The van der Waals surface area contributed by atoms with Gasteiger partial charge in [0, 0.05) is 26.4 Å². The molecule has 9 heteroatoms. The summed E-state index contributed by atoms with van der Waals surface area (Å²) in [6, 6.07) is 10.8. The predicted molar refractivity (Wildman–Crippen MR) is 111 cm³/mol. The highest BCUT2D eigenvalue weighted by Gasteiger charge is 2.22. The minimum atomic E-state index is -0.311. The van der Waals surface area contributed by atoms with E-state index in [2.05, 4.69) is 15.6 Å². The molecule has 0 unspecified atom stereocenters. The van der Waals surface area contributed by atoms with E-state index < -0.39 is 0 Å². The van der Waals surface area contributed by atoms with Crippen molar-refractivity contribution in [2.24, 2.45) is 0 Å². The molecule has 1 aromatic heterocycles. The second-order valence-electron chi connectivity index (χ2n) is 6.55. The zero-order chi connectivity index (χ0) is 21.2. The number of nitrogens with one attached hydrogen (secondary N) is 2. The fourth-order valence-corrected chi connectivity index (χ4v) is 2.93. The summed E-state index contributed by atoms with van der Waals surface area (Å²) in [4.78, 5) is 31.3. The van der Waals surface area contributed by atoms with Crippen LogP contribution in [-0.2, 0) is 14.3 Å². The van der Waals surface area contributed by atoms with Crippen molar-refractivity contribution in [2.75, 3.05) is 58.5 Å². The summed E-state index contributed by atoms with van der Waals surface area (Å²) >= 11 is 0. The molecule has 0 aliphatic carbocycles. The Labute approximate surface area is 175 Å². The maximum absolute atomic E-state index is 13.3. The number of methoxy groups -OCH3 is 1. The van der Waals surface area contributed by atoms with Gasteiger partial charge in [-0.15, -0.1) is 0 Å². The highest BCUT2D eigenvalue weighted by atomic mass is 16.5. The van der Waals surface area contributed by atoms with Crippen LogP contribution in [0.4, 0.5) is 11.5 Å². The zero-order valence-corrected chi connectivity index (χ0v) is 16.9. The highest BCUT2D eigenvalue weighted by Crippen LogP contribution is 2.28. The highest BCUT2D eigenvalue weighted by molar-refractivity contribution is 6.01. The van der Waals surface area contributed by atoms with Crippen molar-refractivity contribution >= 4 is 23.3 Å². The number of para-hydroxylation sites is 2. The summed E-state index contributed by atoms with van der Waals surface area (Å²) in [6.07, 6.45) is 1.60. The van der Waals surface area contributed by atoms with E-state index in [1.54, 1.807) is 25.4 Å². The summed E-state index contributed by atoms with van der Waals surface area (Å²) in [6.45, 7) is 1.96. The molecule has 0 saturated heterocycles. The molecule has 2 amide bonds. The van der Waals surface area contributed by atoms with Gasteiger partial charge in [0.15, 0.2) is 0 Å². The van der Waals surface area contributed by atoms with Gasteiger partial charge in [0.05, 0.1) is 37.6 Å². The molecule has 160 valence electrons. The van der Waals surface area contributed by atoms with Gasteiger partial charge in [0.1, 0.15) is 18.2 Å². The van der Waals surface area contributed by atoms with Crippen LogP contribution in [0.15, 0.2) is 42.6 Å². The first-order valence-electron chi connectivity index (χ1n) is 9.75. The molecule has 1 aliphatic heterocycles. The normalized spacial score (nSPS) is 14.7. The van der Waals surface area contributed by atoms with Crippen LogP contribution in [0.3, 0.4) is 0 Å². The molecule has 1 aliphatic rings. The van der Waals surface area contributed by atoms with E-state index in [0.29, 0.717) is 49.2 Å². The largest absolute Gasteiger partial charge is 0.489 e. The number of carbonyl (C=O) groups is 2. The lowest BCUT2D eigenvalue weighted by molar-refractivity contribution is -0.122. The molecule has 30 heavy (non-hydrogen) atoms. The van der Waals surface area contributed by atoms with E-state index in [1.807, 2.05) is 24.3 Å². The number of hydrogen-bond acceptors (Lipinski definition) is 7. The predicted octanol–water partition coefficient (Wildman–Crippen LogP) is 1.44. The van der Waals surface area contributed by atoms with Crippen molar-refractivity contribution < 1.29 is 23.8 Å². The van der Waals surface area contributed by atoms with Gasteiger partial charge >= 0.3 is 0 Å². The molecular weight excluding hydrogens is 388 g/mol. The average molecular weight is 414 g/mol. The van der Waals surface area contributed by atoms with E-state index in [-0.39, 0.29) is 31.5 Å². The Morgan fingerprint density at radius 3 is 2.97 bits per heavy atom. The first-order valence-corrected chi connectivity index (χ1v) is 9.75. The van der Waals surface area contributed by atoms with Crippen molar-refractivity contribution in [1.29, 1.82) is 0 Å². The summed E-state index contributed by atoms with van der Waals surface area (Å²) in [5.74, 6) is 0.452. The Hall–Kier alpha value is -3.17. The molecule has 2 aromatic rings. The fourth-order valence-electron chi connectivity index (χ4n) is 2.93. The number of anilines is 2. The molecule has 0 saturated carbocycles. The summed E-state index contributed by atoms with van der Waals surface area (Å²) in [5, 5.41) is 5.92. The number of carbonyl (C=O) groups excluding carboxylic acids is 2. The molecule has 2 N–H and O–H groups in total. The standard InChI is InChI=1S/C21H26N4O5/c1-28-11-9-22-19(26)15-25-10-12-29-13-14-30-18-7-3-2-6-17(18)24-20-16(21(25)27)5-4-8-23-20/h2-8H,9-15H2,1H3,(H,22,26)(H,23,24). The van der Waals surface area contributed by atoms with Gasteiger partial charge in [-0.05, 0) is 24.3 Å². The number of fused-ring (bicyclic) bond motifs is 2. The lowest BCUT2D eigenvalue weighted by atomic mass is 10.2. The summed E-state index contributed by atoms with van der Waals surface area (Å²) < 4.78 is 16.3. The Morgan fingerprint density at radius 1 is 1.23 bits per heavy atom. The SMILES string of the molecule is COCCNC(=O)CN1CCOCCOc2ccccc2Nc2ncccc2C1=O. The van der Waals surface area contributed by atoms with Crippen LogP contribution >= 0.6 is 0 Å². The minimum absolute atomic E-state index is 0.0900. The van der Waals surface area contributed by atoms with Gasteiger partial charge < -0.3 is 29.7 Å². The molecule has 9 nitrogen and oxygen atoms in total. The van der Waals surface area contributed by atoms with Gasteiger partial charge in [-0.2, -0.15) is 0 Å². The van der Waals surface area contributed by atoms with Crippen molar-refractivity contribution in [1.82, 2.24) is 15.2 Å². The third-order valence-corrected chi connectivity index (χ3v) is 4.42. The number of hydrogen-bond donors (Lipinski definition) is 2. The number of amides is 2. The van der Waals surface area contributed by atoms with Crippen molar-refractivity contribution in [3.8, 4) is 5.75 Å². The van der Waals surface area contributed by atoms with Crippen molar-refractivity contribution in [3.63, 3.8) is 0 Å². The third-order valence-electron chi connectivity index (χ3n) is 4.42. The molecule has 2 heterocycles.